The summed E-state index contributed by atoms with van der Waals surface area (Å²) in [6, 6.07) is 71.7. The van der Waals surface area contributed by atoms with Gasteiger partial charge in [-0.25, -0.2) is 0 Å². The van der Waals surface area contributed by atoms with Gasteiger partial charge in [-0.2, -0.15) is 0 Å². The molecule has 0 saturated carbocycles. The van der Waals surface area contributed by atoms with E-state index in [1.54, 1.807) is 0 Å². The Hall–Kier alpha value is -6.98. The van der Waals surface area contributed by atoms with Gasteiger partial charge in [0.05, 0.1) is 22.1 Å². The molecule has 13 rings (SSSR count). The summed E-state index contributed by atoms with van der Waals surface area (Å²) < 4.78 is 10.3. The van der Waals surface area contributed by atoms with Gasteiger partial charge in [-0.1, -0.05) is 121 Å². The van der Waals surface area contributed by atoms with E-state index < -0.39 is 0 Å². The Morgan fingerprint density at radius 2 is 0.810 bits per heavy atom. The smallest absolute Gasteiger partial charge is 0.0541 e. The first-order valence-corrected chi connectivity index (χ1v) is 21.4. The highest BCUT2D eigenvalue weighted by Gasteiger charge is 2.18. The average molecular weight is 773 g/mol. The summed E-state index contributed by atoms with van der Waals surface area (Å²) in [5.41, 5.74) is 12.1. The predicted octanol–water partition coefficient (Wildman–Crippen LogP) is 16.0. The maximum absolute atomic E-state index is 2.45. The van der Waals surface area contributed by atoms with Crippen molar-refractivity contribution < 1.29 is 0 Å². The van der Waals surface area contributed by atoms with Crippen LogP contribution in [-0.4, -0.2) is 9.13 Å². The molecule has 2 nitrogen and oxygen atoms in total. The lowest BCUT2D eigenvalue weighted by molar-refractivity contribution is 1.18. The lowest BCUT2D eigenvalue weighted by Crippen LogP contribution is -1.94. The van der Waals surface area contributed by atoms with Gasteiger partial charge in [0.1, 0.15) is 0 Å². The molecule has 58 heavy (non-hydrogen) atoms. The number of aromatic nitrogens is 2. The van der Waals surface area contributed by atoms with Crippen LogP contribution in [0.4, 0.5) is 0 Å². The SMILES string of the molecule is c1ccc(-c2ccc(-n3c4ccccc4c4cc(-c5ccc6c(c5)c5ccccc5n6-c5ccc6c(c5)sc5c6ccc6sc7ccccc7c65)ccc43)cc2)cc1. The lowest BCUT2D eigenvalue weighted by Gasteiger charge is -2.10. The summed E-state index contributed by atoms with van der Waals surface area (Å²) in [6.45, 7) is 0. The Balaban J connectivity index is 0.942. The Labute approximate surface area is 341 Å². The Bertz CT molecular complexity index is 3780. The quantitative estimate of drug-likeness (QED) is 0.169. The van der Waals surface area contributed by atoms with E-state index >= 15 is 0 Å². The van der Waals surface area contributed by atoms with Crippen LogP contribution in [0.1, 0.15) is 0 Å². The molecule has 0 aliphatic carbocycles. The largest absolute Gasteiger partial charge is 0.309 e. The molecule has 0 N–H and O–H groups in total. The van der Waals surface area contributed by atoms with E-state index in [1.165, 1.54) is 112 Å². The molecule has 270 valence electrons. The van der Waals surface area contributed by atoms with Crippen molar-refractivity contribution in [2.45, 2.75) is 0 Å². The third-order valence-electron chi connectivity index (χ3n) is 12.1. The van der Waals surface area contributed by atoms with E-state index in [9.17, 15) is 0 Å². The van der Waals surface area contributed by atoms with Gasteiger partial charge < -0.3 is 9.13 Å². The number of thiophene rings is 2. The van der Waals surface area contributed by atoms with Gasteiger partial charge in [-0.15, -0.1) is 22.7 Å². The predicted molar refractivity (Wildman–Crippen MR) is 252 cm³/mol. The lowest BCUT2D eigenvalue weighted by atomic mass is 10.0. The first kappa shape index (κ1) is 32.1. The molecule has 0 fully saturated rings. The van der Waals surface area contributed by atoms with Crippen LogP contribution in [0.5, 0.6) is 0 Å². The summed E-state index contributed by atoms with van der Waals surface area (Å²) in [6.07, 6.45) is 0. The Kier molecular flexibility index (Phi) is 6.79. The van der Waals surface area contributed by atoms with E-state index in [1.807, 2.05) is 22.7 Å². The number of hydrogen-bond donors (Lipinski definition) is 0. The minimum Gasteiger partial charge on any atom is -0.309 e. The molecule has 0 radical (unpaired) electrons. The van der Waals surface area contributed by atoms with Crippen LogP contribution in [0.2, 0.25) is 0 Å². The Morgan fingerprint density at radius 1 is 0.276 bits per heavy atom. The van der Waals surface area contributed by atoms with Crippen molar-refractivity contribution in [3.05, 3.63) is 194 Å². The van der Waals surface area contributed by atoms with Crippen LogP contribution < -0.4 is 0 Å². The fraction of sp³-hybridized carbons (Fsp3) is 0. The second-order valence-electron chi connectivity index (χ2n) is 15.3. The summed E-state index contributed by atoms with van der Waals surface area (Å²) in [5, 5.41) is 10.5. The molecule has 4 heterocycles. The molecule has 0 bridgehead atoms. The van der Waals surface area contributed by atoms with Gasteiger partial charge in [-0.05, 0) is 95.1 Å². The van der Waals surface area contributed by atoms with E-state index in [2.05, 4.69) is 203 Å². The Morgan fingerprint density at radius 3 is 1.52 bits per heavy atom. The number of fused-ring (bicyclic) bond motifs is 13. The molecular formula is C54H32N2S2. The third kappa shape index (κ3) is 4.64. The number of rotatable bonds is 4. The van der Waals surface area contributed by atoms with Gasteiger partial charge in [0.2, 0.25) is 0 Å². The molecule has 0 aliphatic heterocycles. The molecule has 4 aromatic heterocycles. The van der Waals surface area contributed by atoms with Gasteiger partial charge in [0.15, 0.2) is 0 Å². The van der Waals surface area contributed by atoms with Crippen molar-refractivity contribution in [1.29, 1.82) is 0 Å². The monoisotopic (exact) mass is 772 g/mol. The van der Waals surface area contributed by atoms with Gasteiger partial charge in [0.25, 0.3) is 0 Å². The van der Waals surface area contributed by atoms with E-state index in [0.29, 0.717) is 0 Å². The zero-order valence-corrected chi connectivity index (χ0v) is 32.8. The fourth-order valence-corrected chi connectivity index (χ4v) is 11.9. The van der Waals surface area contributed by atoms with Crippen molar-refractivity contribution in [1.82, 2.24) is 9.13 Å². The molecule has 0 spiro atoms. The van der Waals surface area contributed by atoms with E-state index in [4.69, 9.17) is 0 Å². The normalized spacial score (nSPS) is 12.1. The van der Waals surface area contributed by atoms with Gasteiger partial charge >= 0.3 is 0 Å². The highest BCUT2D eigenvalue weighted by atomic mass is 32.1. The summed E-state index contributed by atoms with van der Waals surface area (Å²) >= 11 is 3.82. The number of nitrogens with zero attached hydrogens (tertiary/aromatic N) is 2. The molecule has 4 heteroatoms. The zero-order chi connectivity index (χ0) is 37.9. The van der Waals surface area contributed by atoms with Gasteiger partial charge in [-0.3, -0.25) is 0 Å². The van der Waals surface area contributed by atoms with Gasteiger partial charge in [0, 0.05) is 73.3 Å². The molecule has 13 aromatic rings. The topological polar surface area (TPSA) is 9.86 Å². The van der Waals surface area contributed by atoms with E-state index in [-0.39, 0.29) is 0 Å². The van der Waals surface area contributed by atoms with Crippen molar-refractivity contribution in [2.24, 2.45) is 0 Å². The van der Waals surface area contributed by atoms with Crippen LogP contribution in [-0.2, 0) is 0 Å². The minimum atomic E-state index is 1.16. The van der Waals surface area contributed by atoms with Crippen LogP contribution in [0, 0.1) is 0 Å². The van der Waals surface area contributed by atoms with Crippen molar-refractivity contribution in [3.63, 3.8) is 0 Å². The van der Waals surface area contributed by atoms with E-state index in [0.717, 1.165) is 5.69 Å². The summed E-state index contributed by atoms with van der Waals surface area (Å²) in [4.78, 5) is 0. The van der Waals surface area contributed by atoms with Crippen LogP contribution in [0.15, 0.2) is 194 Å². The summed E-state index contributed by atoms with van der Waals surface area (Å²) in [7, 11) is 0. The first-order chi connectivity index (χ1) is 28.7. The molecule has 0 amide bonds. The number of hydrogen-bond acceptors (Lipinski definition) is 2. The van der Waals surface area contributed by atoms with Crippen molar-refractivity contribution in [3.8, 4) is 33.6 Å². The fourth-order valence-electron chi connectivity index (χ4n) is 9.47. The first-order valence-electron chi connectivity index (χ1n) is 19.7. The average Bonchev–Trinajstić information content (AvgIpc) is 4.03. The standard InChI is InChI=1S/C54H32N2S2/c1-2-10-33(11-3-1)34-18-22-37(23-19-34)55-46-15-7-4-12-39(46)44-30-35(20-27-48(44)55)36-21-28-49-45(31-36)40-13-5-8-16-47(40)56(49)38-24-25-41-42-26-29-51-53(54(42)58-52(41)32-38)43-14-6-9-17-50(43)57-51/h1-32H. The maximum atomic E-state index is 2.45. The highest BCUT2D eigenvalue weighted by Crippen LogP contribution is 2.45. The number of para-hydroxylation sites is 2. The molecule has 0 unspecified atom stereocenters. The maximum Gasteiger partial charge on any atom is 0.0541 e. The van der Waals surface area contributed by atoms with Crippen LogP contribution in [0.25, 0.3) is 118 Å². The highest BCUT2D eigenvalue weighted by molar-refractivity contribution is 7.29. The molecular weight excluding hydrogens is 741 g/mol. The van der Waals surface area contributed by atoms with Crippen LogP contribution in [0.3, 0.4) is 0 Å². The molecule has 0 saturated heterocycles. The van der Waals surface area contributed by atoms with Crippen LogP contribution >= 0.6 is 22.7 Å². The molecule has 9 aromatic carbocycles. The summed E-state index contributed by atoms with van der Waals surface area (Å²) in [5.74, 6) is 0. The van der Waals surface area contributed by atoms with Crippen molar-refractivity contribution >= 4 is 107 Å². The van der Waals surface area contributed by atoms with Crippen molar-refractivity contribution in [2.75, 3.05) is 0 Å². The molecule has 0 aliphatic rings. The number of benzene rings is 9. The third-order valence-corrected chi connectivity index (χ3v) is 14.5. The second-order valence-corrected chi connectivity index (χ2v) is 17.4. The minimum absolute atomic E-state index is 1.16. The second kappa shape index (κ2) is 12.3. The molecule has 0 atom stereocenters. The zero-order valence-electron chi connectivity index (χ0n) is 31.2.